The molecule has 0 fully saturated rings. The van der Waals surface area contributed by atoms with E-state index in [1.54, 1.807) is 0 Å². The average molecular weight is 500 g/mol. The van der Waals surface area contributed by atoms with Crippen molar-refractivity contribution >= 4 is 43.7 Å². The van der Waals surface area contributed by atoms with Gasteiger partial charge in [0, 0.05) is 27.1 Å². The molecule has 0 atom stereocenters. The summed E-state index contributed by atoms with van der Waals surface area (Å²) < 4.78 is 8.67. The summed E-state index contributed by atoms with van der Waals surface area (Å²) in [5.41, 5.74) is 11.4. The molecule has 0 N–H and O–H groups in total. The van der Waals surface area contributed by atoms with Crippen molar-refractivity contribution in [2.45, 2.75) is 6.92 Å². The number of furan rings is 1. The fourth-order valence-corrected chi connectivity index (χ4v) is 6.04. The molecule has 8 rings (SSSR count). The molecular formula is C37H25NO. The van der Waals surface area contributed by atoms with Crippen LogP contribution in [0.5, 0.6) is 0 Å². The lowest BCUT2D eigenvalue weighted by atomic mass is 9.98. The van der Waals surface area contributed by atoms with Gasteiger partial charge in [-0.05, 0) is 66.1 Å². The highest BCUT2D eigenvalue weighted by Crippen LogP contribution is 2.39. The average Bonchev–Trinajstić information content (AvgIpc) is 3.52. The molecule has 6 aromatic carbocycles. The molecule has 0 unspecified atom stereocenters. The number of aromatic nitrogens is 1. The van der Waals surface area contributed by atoms with Gasteiger partial charge in [-0.25, -0.2) is 0 Å². The van der Waals surface area contributed by atoms with Crippen molar-refractivity contribution < 1.29 is 4.42 Å². The van der Waals surface area contributed by atoms with E-state index in [9.17, 15) is 0 Å². The van der Waals surface area contributed by atoms with Crippen LogP contribution < -0.4 is 0 Å². The number of hydrogen-bond donors (Lipinski definition) is 0. The van der Waals surface area contributed by atoms with Crippen LogP contribution in [0.15, 0.2) is 138 Å². The Morgan fingerprint density at radius 3 is 1.77 bits per heavy atom. The third-order valence-electron chi connectivity index (χ3n) is 7.86. The zero-order chi connectivity index (χ0) is 25.9. The lowest BCUT2D eigenvalue weighted by Gasteiger charge is -2.14. The second kappa shape index (κ2) is 8.47. The number of nitrogens with zero attached hydrogens (tertiary/aromatic N) is 1. The third kappa shape index (κ3) is 3.42. The number of benzene rings is 6. The summed E-state index contributed by atoms with van der Waals surface area (Å²) in [6.07, 6.45) is 0. The Balaban J connectivity index is 1.35. The van der Waals surface area contributed by atoms with Gasteiger partial charge in [0.25, 0.3) is 0 Å². The minimum Gasteiger partial charge on any atom is -0.456 e. The van der Waals surface area contributed by atoms with Crippen LogP contribution in [-0.4, -0.2) is 4.57 Å². The summed E-state index contributed by atoms with van der Waals surface area (Å²) in [6.45, 7) is 2.14. The minimum absolute atomic E-state index is 0.907. The molecule has 0 aliphatic heterocycles. The van der Waals surface area contributed by atoms with Gasteiger partial charge < -0.3 is 8.98 Å². The zero-order valence-corrected chi connectivity index (χ0v) is 21.6. The maximum absolute atomic E-state index is 6.27. The van der Waals surface area contributed by atoms with E-state index < -0.39 is 0 Å². The van der Waals surface area contributed by atoms with Crippen LogP contribution in [0.25, 0.3) is 71.7 Å². The van der Waals surface area contributed by atoms with Crippen LogP contribution in [0, 0.1) is 6.92 Å². The van der Waals surface area contributed by atoms with E-state index in [0.29, 0.717) is 0 Å². The first-order chi connectivity index (χ1) is 19.2. The molecule has 0 amide bonds. The second-order valence-electron chi connectivity index (χ2n) is 10.3. The molecule has 2 aromatic heterocycles. The summed E-state index contributed by atoms with van der Waals surface area (Å²) >= 11 is 0. The lowest BCUT2D eigenvalue weighted by molar-refractivity contribution is 0.669. The molecule has 2 heteroatoms. The van der Waals surface area contributed by atoms with Gasteiger partial charge in [0.2, 0.25) is 0 Å². The molecule has 2 heterocycles. The van der Waals surface area contributed by atoms with E-state index in [0.717, 1.165) is 21.9 Å². The quantitative estimate of drug-likeness (QED) is 0.236. The van der Waals surface area contributed by atoms with Gasteiger partial charge in [-0.2, -0.15) is 0 Å². The van der Waals surface area contributed by atoms with Crippen LogP contribution in [0.1, 0.15) is 5.56 Å². The summed E-state index contributed by atoms with van der Waals surface area (Å²) in [6, 6.07) is 47.8. The fraction of sp³-hybridized carbons (Fsp3) is 0.0270. The first kappa shape index (κ1) is 22.0. The monoisotopic (exact) mass is 499 g/mol. The Hall–Kier alpha value is -5.08. The summed E-state index contributed by atoms with van der Waals surface area (Å²) in [5.74, 6) is 0. The van der Waals surface area contributed by atoms with E-state index in [2.05, 4.69) is 145 Å². The van der Waals surface area contributed by atoms with Gasteiger partial charge in [0.05, 0.1) is 16.7 Å². The number of fused-ring (bicyclic) bond motifs is 6. The normalized spacial score (nSPS) is 11.7. The molecule has 0 saturated heterocycles. The zero-order valence-electron chi connectivity index (χ0n) is 21.6. The van der Waals surface area contributed by atoms with Crippen LogP contribution in [-0.2, 0) is 0 Å². The van der Waals surface area contributed by atoms with Gasteiger partial charge >= 0.3 is 0 Å². The number of rotatable bonds is 3. The van der Waals surface area contributed by atoms with E-state index in [1.807, 2.05) is 0 Å². The molecule has 0 aliphatic rings. The number of hydrogen-bond acceptors (Lipinski definition) is 1. The van der Waals surface area contributed by atoms with Crippen molar-refractivity contribution in [2.24, 2.45) is 0 Å². The summed E-state index contributed by atoms with van der Waals surface area (Å²) in [5, 5.41) is 4.81. The minimum atomic E-state index is 0.907. The predicted octanol–water partition coefficient (Wildman–Crippen LogP) is 10.3. The smallest absolute Gasteiger partial charge is 0.135 e. The lowest BCUT2D eigenvalue weighted by Crippen LogP contribution is -1.96. The van der Waals surface area contributed by atoms with E-state index in [4.69, 9.17) is 4.42 Å². The molecule has 39 heavy (non-hydrogen) atoms. The Morgan fingerprint density at radius 2 is 1.05 bits per heavy atom. The van der Waals surface area contributed by atoms with Crippen molar-refractivity contribution in [2.75, 3.05) is 0 Å². The van der Waals surface area contributed by atoms with Crippen LogP contribution in [0.2, 0.25) is 0 Å². The van der Waals surface area contributed by atoms with Crippen molar-refractivity contribution in [1.29, 1.82) is 0 Å². The fourth-order valence-electron chi connectivity index (χ4n) is 6.04. The molecule has 0 aliphatic carbocycles. The molecule has 0 saturated carbocycles. The largest absolute Gasteiger partial charge is 0.456 e. The highest BCUT2D eigenvalue weighted by atomic mass is 16.3. The standard InChI is InChI=1S/C37H25NO/c1-24-9-8-10-25(21-24)26-17-19-36-31(22-26)32-23-27(18-20-37(32)39-36)28-11-2-5-14-33(28)38-34-15-6-3-12-29(34)30-13-4-7-16-35(30)38/h2-23H,1H3. The van der Waals surface area contributed by atoms with Crippen LogP contribution >= 0.6 is 0 Å². The van der Waals surface area contributed by atoms with E-state index in [1.165, 1.54) is 55.3 Å². The first-order valence-corrected chi connectivity index (χ1v) is 13.4. The summed E-state index contributed by atoms with van der Waals surface area (Å²) in [4.78, 5) is 0. The van der Waals surface area contributed by atoms with Gasteiger partial charge in [-0.1, -0.05) is 96.6 Å². The first-order valence-electron chi connectivity index (χ1n) is 13.4. The van der Waals surface area contributed by atoms with Crippen LogP contribution in [0.4, 0.5) is 0 Å². The van der Waals surface area contributed by atoms with Crippen molar-refractivity contribution in [1.82, 2.24) is 4.57 Å². The number of para-hydroxylation sites is 3. The van der Waals surface area contributed by atoms with Crippen molar-refractivity contribution in [3.8, 4) is 27.9 Å². The maximum Gasteiger partial charge on any atom is 0.135 e. The van der Waals surface area contributed by atoms with Gasteiger partial charge in [0.1, 0.15) is 11.2 Å². The van der Waals surface area contributed by atoms with Gasteiger partial charge in [-0.3, -0.25) is 0 Å². The predicted molar refractivity (Wildman–Crippen MR) is 164 cm³/mol. The van der Waals surface area contributed by atoms with Gasteiger partial charge in [0.15, 0.2) is 0 Å². The molecule has 0 bridgehead atoms. The topological polar surface area (TPSA) is 18.1 Å². The molecule has 184 valence electrons. The van der Waals surface area contributed by atoms with Gasteiger partial charge in [-0.15, -0.1) is 0 Å². The number of aryl methyl sites for hydroxylation is 1. The second-order valence-corrected chi connectivity index (χ2v) is 10.3. The molecule has 2 nitrogen and oxygen atoms in total. The summed E-state index contributed by atoms with van der Waals surface area (Å²) in [7, 11) is 0. The Bertz CT molecular complexity index is 2140. The molecular weight excluding hydrogens is 474 g/mol. The van der Waals surface area contributed by atoms with Crippen LogP contribution in [0.3, 0.4) is 0 Å². The third-order valence-corrected chi connectivity index (χ3v) is 7.86. The highest BCUT2D eigenvalue weighted by Gasteiger charge is 2.16. The van der Waals surface area contributed by atoms with E-state index >= 15 is 0 Å². The maximum atomic E-state index is 6.27. The highest BCUT2D eigenvalue weighted by molar-refractivity contribution is 6.10. The Labute approximate surface area is 226 Å². The van der Waals surface area contributed by atoms with Crippen molar-refractivity contribution in [3.63, 3.8) is 0 Å². The van der Waals surface area contributed by atoms with E-state index in [-0.39, 0.29) is 0 Å². The SMILES string of the molecule is Cc1cccc(-c2ccc3oc4ccc(-c5ccccc5-n5c6ccccc6c6ccccc65)cc4c3c2)c1. The molecule has 8 aromatic rings. The Morgan fingerprint density at radius 1 is 0.462 bits per heavy atom. The Kier molecular flexibility index (Phi) is 4.77. The van der Waals surface area contributed by atoms with Crippen molar-refractivity contribution in [3.05, 3.63) is 139 Å². The molecule has 0 spiro atoms. The molecule has 0 radical (unpaired) electrons.